The molecule has 130 valence electrons. The standard InChI is InChI=1S/C16H22N4O3S/c1-16(2,3)15(21)17-11-6-8-12(9-7-11)24-20-18-13(22-4)10-14(19-20)23-5/h6-10,18H,1-5H3,(H,17,21). The van der Waals surface area contributed by atoms with Crippen molar-refractivity contribution >= 4 is 29.4 Å². The predicted molar refractivity (Wildman–Crippen MR) is 94.9 cm³/mol. The lowest BCUT2D eigenvalue weighted by atomic mass is 9.95. The second-order valence-corrected chi connectivity index (χ2v) is 7.06. The van der Waals surface area contributed by atoms with Crippen LogP contribution in [-0.4, -0.2) is 30.5 Å². The quantitative estimate of drug-likeness (QED) is 0.813. The number of hydrogen-bond acceptors (Lipinski definition) is 7. The fraction of sp³-hybridized carbons (Fsp3) is 0.375. The molecule has 0 spiro atoms. The van der Waals surface area contributed by atoms with Crippen LogP contribution in [0.2, 0.25) is 0 Å². The molecular formula is C16H22N4O3S. The number of ether oxygens (including phenoxy) is 2. The molecule has 8 heteroatoms. The van der Waals surface area contributed by atoms with E-state index < -0.39 is 5.41 Å². The van der Waals surface area contributed by atoms with E-state index in [0.717, 1.165) is 10.6 Å². The highest BCUT2D eigenvalue weighted by atomic mass is 32.2. The van der Waals surface area contributed by atoms with Gasteiger partial charge in [0.2, 0.25) is 17.7 Å². The molecule has 0 radical (unpaired) electrons. The molecule has 1 aliphatic heterocycles. The normalized spacial score (nSPS) is 14.3. The van der Waals surface area contributed by atoms with Crippen molar-refractivity contribution in [2.45, 2.75) is 25.7 Å². The van der Waals surface area contributed by atoms with Crippen LogP contribution in [0.25, 0.3) is 0 Å². The van der Waals surface area contributed by atoms with Gasteiger partial charge in [0, 0.05) is 27.9 Å². The summed E-state index contributed by atoms with van der Waals surface area (Å²) in [5.41, 5.74) is 3.30. The van der Waals surface area contributed by atoms with E-state index in [4.69, 9.17) is 9.47 Å². The van der Waals surface area contributed by atoms with Gasteiger partial charge in [-0.2, -0.15) is 0 Å². The molecule has 2 rings (SSSR count). The number of rotatable bonds is 4. The van der Waals surface area contributed by atoms with Crippen LogP contribution < -0.4 is 10.7 Å². The number of hydrogen-bond donors (Lipinski definition) is 2. The fourth-order valence-electron chi connectivity index (χ4n) is 1.65. The molecular weight excluding hydrogens is 328 g/mol. The molecule has 1 aromatic rings. The van der Waals surface area contributed by atoms with Crippen molar-refractivity contribution in [3.05, 3.63) is 36.2 Å². The second-order valence-electron chi connectivity index (χ2n) is 6.06. The first-order valence-corrected chi connectivity index (χ1v) is 8.13. The summed E-state index contributed by atoms with van der Waals surface area (Å²) >= 11 is 1.36. The van der Waals surface area contributed by atoms with E-state index in [0.29, 0.717) is 11.8 Å². The molecule has 0 unspecified atom stereocenters. The number of hydrazine groups is 1. The Bertz CT molecular complexity index is 650. The van der Waals surface area contributed by atoms with Gasteiger partial charge in [0.1, 0.15) is 0 Å². The molecule has 0 atom stereocenters. The first-order valence-electron chi connectivity index (χ1n) is 7.36. The predicted octanol–water partition coefficient (Wildman–Crippen LogP) is 2.95. The molecule has 1 amide bonds. The van der Waals surface area contributed by atoms with Crippen LogP contribution in [0, 0.1) is 5.41 Å². The average Bonchev–Trinajstić information content (AvgIpc) is 2.55. The minimum Gasteiger partial charge on any atom is -0.481 e. The van der Waals surface area contributed by atoms with Crippen molar-refractivity contribution in [3.8, 4) is 0 Å². The van der Waals surface area contributed by atoms with Gasteiger partial charge in [0.25, 0.3) is 0 Å². The summed E-state index contributed by atoms with van der Waals surface area (Å²) in [6.45, 7) is 5.63. The fourth-order valence-corrected chi connectivity index (χ4v) is 2.36. The van der Waals surface area contributed by atoms with Gasteiger partial charge >= 0.3 is 0 Å². The highest BCUT2D eigenvalue weighted by Crippen LogP contribution is 2.26. The van der Waals surface area contributed by atoms with E-state index >= 15 is 0 Å². The Morgan fingerprint density at radius 2 is 1.88 bits per heavy atom. The van der Waals surface area contributed by atoms with E-state index in [1.165, 1.54) is 11.9 Å². The van der Waals surface area contributed by atoms with Crippen molar-refractivity contribution < 1.29 is 14.3 Å². The smallest absolute Gasteiger partial charge is 0.239 e. The van der Waals surface area contributed by atoms with Crippen LogP contribution in [0.5, 0.6) is 0 Å². The third kappa shape index (κ3) is 4.82. The van der Waals surface area contributed by atoms with Crippen LogP contribution >= 0.6 is 11.9 Å². The van der Waals surface area contributed by atoms with Crippen LogP contribution in [0.1, 0.15) is 20.8 Å². The lowest BCUT2D eigenvalue weighted by Gasteiger charge is -2.24. The number of methoxy groups -OCH3 is 2. The van der Waals surface area contributed by atoms with E-state index in [9.17, 15) is 4.79 Å². The Labute approximate surface area is 146 Å². The second kappa shape index (κ2) is 7.48. The molecule has 0 aromatic heterocycles. The number of amides is 1. The SMILES string of the molecule is COC1=CC(OC)=NN(Sc2ccc(NC(=O)C(C)(C)C)cc2)N1. The summed E-state index contributed by atoms with van der Waals surface area (Å²) in [5, 5.41) is 7.14. The Balaban J connectivity index is 2.01. The van der Waals surface area contributed by atoms with E-state index in [2.05, 4.69) is 15.8 Å². The highest BCUT2D eigenvalue weighted by molar-refractivity contribution is 7.97. The lowest BCUT2D eigenvalue weighted by molar-refractivity contribution is -0.123. The average molecular weight is 350 g/mol. The van der Waals surface area contributed by atoms with Gasteiger partial charge < -0.3 is 14.8 Å². The molecule has 0 aliphatic carbocycles. The third-order valence-electron chi connectivity index (χ3n) is 3.06. The minimum atomic E-state index is -0.431. The van der Waals surface area contributed by atoms with Crippen molar-refractivity contribution in [2.24, 2.45) is 10.5 Å². The molecule has 0 fully saturated rings. The monoisotopic (exact) mass is 350 g/mol. The van der Waals surface area contributed by atoms with Crippen LogP contribution in [-0.2, 0) is 14.3 Å². The summed E-state index contributed by atoms with van der Waals surface area (Å²) < 4.78 is 11.9. The minimum absolute atomic E-state index is 0.0233. The summed E-state index contributed by atoms with van der Waals surface area (Å²) in [6.07, 6.45) is 1.65. The summed E-state index contributed by atoms with van der Waals surface area (Å²) in [6, 6.07) is 7.50. The summed E-state index contributed by atoms with van der Waals surface area (Å²) in [5.74, 6) is 0.945. The Morgan fingerprint density at radius 3 is 2.42 bits per heavy atom. The van der Waals surface area contributed by atoms with Gasteiger partial charge in [0.05, 0.1) is 20.3 Å². The maximum Gasteiger partial charge on any atom is 0.239 e. The number of benzene rings is 1. The number of anilines is 1. The van der Waals surface area contributed by atoms with Gasteiger partial charge in [-0.1, -0.05) is 20.8 Å². The molecule has 1 aliphatic rings. The van der Waals surface area contributed by atoms with Crippen LogP contribution in [0.4, 0.5) is 5.69 Å². The number of nitrogens with zero attached hydrogens (tertiary/aromatic N) is 2. The van der Waals surface area contributed by atoms with Crippen LogP contribution in [0.15, 0.2) is 46.2 Å². The molecule has 2 N–H and O–H groups in total. The van der Waals surface area contributed by atoms with Gasteiger partial charge in [-0.05, 0) is 24.3 Å². The highest BCUT2D eigenvalue weighted by Gasteiger charge is 2.21. The lowest BCUT2D eigenvalue weighted by Crippen LogP contribution is -2.33. The van der Waals surface area contributed by atoms with Crippen molar-refractivity contribution in [1.82, 2.24) is 9.95 Å². The van der Waals surface area contributed by atoms with Crippen molar-refractivity contribution in [3.63, 3.8) is 0 Å². The molecule has 1 heterocycles. The number of hydrazone groups is 1. The zero-order chi connectivity index (χ0) is 17.7. The topological polar surface area (TPSA) is 75.2 Å². The van der Waals surface area contributed by atoms with E-state index in [1.54, 1.807) is 24.8 Å². The number of nitrogens with one attached hydrogen (secondary N) is 2. The molecule has 0 saturated heterocycles. The van der Waals surface area contributed by atoms with Gasteiger partial charge in [-0.15, -0.1) is 9.62 Å². The Morgan fingerprint density at radius 1 is 1.21 bits per heavy atom. The zero-order valence-corrected chi connectivity index (χ0v) is 15.2. The maximum absolute atomic E-state index is 12.0. The van der Waals surface area contributed by atoms with Crippen molar-refractivity contribution in [1.29, 1.82) is 0 Å². The van der Waals surface area contributed by atoms with Crippen molar-refractivity contribution in [2.75, 3.05) is 19.5 Å². The molecule has 24 heavy (non-hydrogen) atoms. The first-order chi connectivity index (χ1) is 11.3. The first kappa shape index (κ1) is 18.0. The Kier molecular flexibility index (Phi) is 5.61. The van der Waals surface area contributed by atoms with E-state index in [1.807, 2.05) is 45.0 Å². The maximum atomic E-state index is 12.0. The van der Waals surface area contributed by atoms with Gasteiger partial charge in [-0.3, -0.25) is 4.79 Å². The summed E-state index contributed by atoms with van der Waals surface area (Å²) in [7, 11) is 3.11. The van der Waals surface area contributed by atoms with Gasteiger partial charge in [-0.25, -0.2) is 5.43 Å². The van der Waals surface area contributed by atoms with Gasteiger partial charge in [0.15, 0.2) is 0 Å². The molecule has 7 nitrogen and oxygen atoms in total. The molecule has 1 aromatic carbocycles. The summed E-state index contributed by atoms with van der Waals surface area (Å²) in [4.78, 5) is 12.9. The van der Waals surface area contributed by atoms with Crippen LogP contribution in [0.3, 0.4) is 0 Å². The molecule has 0 saturated carbocycles. The largest absolute Gasteiger partial charge is 0.481 e. The Hall–Kier alpha value is -2.35. The third-order valence-corrected chi connectivity index (χ3v) is 3.89. The van der Waals surface area contributed by atoms with E-state index in [-0.39, 0.29) is 5.91 Å². The number of carbonyl (C=O) groups is 1. The number of carbonyl (C=O) groups excluding carboxylic acids is 1. The molecule has 0 bridgehead atoms. The zero-order valence-electron chi connectivity index (χ0n) is 14.4.